The summed E-state index contributed by atoms with van der Waals surface area (Å²) >= 11 is 1.11. The average Bonchev–Trinajstić information content (AvgIpc) is 3.22. The molecule has 1 aliphatic carbocycles. The highest BCUT2D eigenvalue weighted by molar-refractivity contribution is 7.13. The lowest BCUT2D eigenvalue weighted by Gasteiger charge is -2.03. The number of fused-ring (bicyclic) bond motifs is 1. The Labute approximate surface area is 123 Å². The van der Waals surface area contributed by atoms with E-state index in [2.05, 4.69) is 14.3 Å². The highest BCUT2D eigenvalue weighted by atomic mass is 32.1. The summed E-state index contributed by atoms with van der Waals surface area (Å²) in [6.07, 6.45) is 3.84. The molecule has 0 saturated heterocycles. The maximum absolute atomic E-state index is 12.5. The van der Waals surface area contributed by atoms with E-state index in [1.165, 1.54) is 4.57 Å². The number of pyridine rings is 1. The number of nitrogens with zero attached hydrogens (tertiary/aromatic N) is 3. The zero-order valence-corrected chi connectivity index (χ0v) is 11.9. The Morgan fingerprint density at radius 3 is 2.90 bits per heavy atom. The Hall–Kier alpha value is -2.28. The lowest BCUT2D eigenvalue weighted by molar-refractivity contribution is 0.582. The Kier molecular flexibility index (Phi) is 2.75. The van der Waals surface area contributed by atoms with Crippen molar-refractivity contribution in [1.29, 1.82) is 0 Å². The molecule has 1 saturated carbocycles. The van der Waals surface area contributed by atoms with Gasteiger partial charge in [0.1, 0.15) is 10.4 Å². The maximum atomic E-state index is 12.5. The standard InChI is InChI=1S/C14H12N4O2S/c19-13-12-11(16-14(20)18(13)7-8-4-5-8)10(17-21-12)9-3-1-2-6-15-9/h1-3,6,8H,4-5,7H2,(H,16,20). The Morgan fingerprint density at radius 1 is 1.33 bits per heavy atom. The van der Waals surface area contributed by atoms with Crippen LogP contribution in [0.4, 0.5) is 0 Å². The summed E-state index contributed by atoms with van der Waals surface area (Å²) in [7, 11) is 0. The van der Waals surface area contributed by atoms with Gasteiger partial charge in [-0.1, -0.05) is 6.07 Å². The molecule has 3 heterocycles. The normalized spacial score (nSPS) is 14.7. The van der Waals surface area contributed by atoms with Gasteiger partial charge in [0.15, 0.2) is 0 Å². The first kappa shape index (κ1) is 12.5. The number of hydrogen-bond donors (Lipinski definition) is 1. The molecule has 0 aromatic carbocycles. The summed E-state index contributed by atoms with van der Waals surface area (Å²) < 4.78 is 6.07. The minimum Gasteiger partial charge on any atom is -0.304 e. The largest absolute Gasteiger partial charge is 0.328 e. The van der Waals surface area contributed by atoms with Crippen LogP contribution in [0, 0.1) is 5.92 Å². The first-order valence-corrected chi connectivity index (χ1v) is 7.55. The van der Waals surface area contributed by atoms with Crippen LogP contribution in [0.1, 0.15) is 12.8 Å². The fourth-order valence-electron chi connectivity index (χ4n) is 2.34. The molecule has 3 aromatic heterocycles. The highest BCUT2D eigenvalue weighted by Crippen LogP contribution is 2.30. The van der Waals surface area contributed by atoms with Crippen molar-refractivity contribution in [2.24, 2.45) is 5.92 Å². The number of nitrogens with one attached hydrogen (secondary N) is 1. The smallest absolute Gasteiger partial charge is 0.304 e. The molecule has 0 aliphatic heterocycles. The Balaban J connectivity index is 1.93. The average molecular weight is 300 g/mol. The molecule has 0 bridgehead atoms. The van der Waals surface area contributed by atoms with E-state index < -0.39 is 0 Å². The summed E-state index contributed by atoms with van der Waals surface area (Å²) in [5.74, 6) is 0.462. The second kappa shape index (κ2) is 4.63. The summed E-state index contributed by atoms with van der Waals surface area (Å²) in [6, 6.07) is 5.46. The third-order valence-electron chi connectivity index (χ3n) is 3.65. The molecule has 21 heavy (non-hydrogen) atoms. The van der Waals surface area contributed by atoms with Crippen LogP contribution in [0.5, 0.6) is 0 Å². The molecule has 1 fully saturated rings. The number of rotatable bonds is 3. The molecule has 6 nitrogen and oxygen atoms in total. The van der Waals surface area contributed by atoms with Crippen molar-refractivity contribution in [2.45, 2.75) is 19.4 Å². The van der Waals surface area contributed by atoms with Gasteiger partial charge in [-0.3, -0.25) is 14.3 Å². The van der Waals surface area contributed by atoms with E-state index >= 15 is 0 Å². The fraction of sp³-hybridized carbons (Fsp3) is 0.286. The van der Waals surface area contributed by atoms with Gasteiger partial charge in [0.05, 0.1) is 11.2 Å². The molecule has 0 spiro atoms. The predicted molar refractivity (Wildman–Crippen MR) is 80.5 cm³/mol. The van der Waals surface area contributed by atoms with Gasteiger partial charge in [0.25, 0.3) is 5.56 Å². The van der Waals surface area contributed by atoms with E-state index in [1.54, 1.807) is 6.20 Å². The molecule has 1 aliphatic rings. The van der Waals surface area contributed by atoms with E-state index in [4.69, 9.17) is 0 Å². The predicted octanol–water partition coefficient (Wildman–Crippen LogP) is 1.62. The van der Waals surface area contributed by atoms with E-state index in [0.717, 1.165) is 24.4 Å². The minimum absolute atomic E-state index is 0.250. The van der Waals surface area contributed by atoms with Crippen LogP contribution < -0.4 is 11.2 Å². The lowest BCUT2D eigenvalue weighted by Crippen LogP contribution is -2.35. The molecule has 4 rings (SSSR count). The fourth-order valence-corrected chi connectivity index (χ4v) is 3.14. The molecule has 1 N–H and O–H groups in total. The molecule has 0 amide bonds. The van der Waals surface area contributed by atoms with Gasteiger partial charge in [0, 0.05) is 12.7 Å². The summed E-state index contributed by atoms with van der Waals surface area (Å²) in [6.45, 7) is 0.501. The van der Waals surface area contributed by atoms with Gasteiger partial charge in [0.2, 0.25) is 0 Å². The van der Waals surface area contributed by atoms with Crippen LogP contribution in [-0.2, 0) is 6.54 Å². The molecule has 0 atom stereocenters. The summed E-state index contributed by atoms with van der Waals surface area (Å²) in [4.78, 5) is 31.6. The first-order chi connectivity index (χ1) is 10.2. The quantitative estimate of drug-likeness (QED) is 0.797. The number of H-pyrrole nitrogens is 1. The minimum atomic E-state index is -0.364. The van der Waals surface area contributed by atoms with Crippen molar-refractivity contribution >= 4 is 21.7 Å². The number of hydrogen-bond acceptors (Lipinski definition) is 5. The summed E-state index contributed by atoms with van der Waals surface area (Å²) in [5, 5.41) is 0. The van der Waals surface area contributed by atoms with Crippen molar-refractivity contribution in [2.75, 3.05) is 0 Å². The zero-order chi connectivity index (χ0) is 14.4. The lowest BCUT2D eigenvalue weighted by atomic mass is 10.2. The SMILES string of the molecule is O=c1[nH]c2c(-c3ccccn3)nsc2c(=O)n1CC1CC1. The monoisotopic (exact) mass is 300 g/mol. The number of aromatic amines is 1. The molecule has 7 heteroatoms. The zero-order valence-electron chi connectivity index (χ0n) is 11.1. The van der Waals surface area contributed by atoms with Gasteiger partial charge in [-0.25, -0.2) is 4.79 Å². The van der Waals surface area contributed by atoms with Gasteiger partial charge in [-0.2, -0.15) is 4.37 Å². The van der Waals surface area contributed by atoms with Crippen LogP contribution in [0.3, 0.4) is 0 Å². The van der Waals surface area contributed by atoms with Crippen molar-refractivity contribution < 1.29 is 0 Å². The third kappa shape index (κ3) is 2.09. The second-order valence-electron chi connectivity index (χ2n) is 5.24. The Bertz CT molecular complexity index is 922. The highest BCUT2D eigenvalue weighted by Gasteiger charge is 2.24. The van der Waals surface area contributed by atoms with E-state index in [0.29, 0.717) is 34.1 Å². The summed E-state index contributed by atoms with van der Waals surface area (Å²) in [5.41, 5.74) is 1.08. The Morgan fingerprint density at radius 2 is 2.19 bits per heavy atom. The molecule has 0 unspecified atom stereocenters. The van der Waals surface area contributed by atoms with Crippen molar-refractivity contribution in [3.8, 4) is 11.4 Å². The number of aromatic nitrogens is 4. The van der Waals surface area contributed by atoms with Crippen molar-refractivity contribution in [1.82, 2.24) is 18.9 Å². The topological polar surface area (TPSA) is 80.6 Å². The molecule has 106 valence electrons. The molecular weight excluding hydrogens is 288 g/mol. The van der Waals surface area contributed by atoms with Gasteiger partial charge >= 0.3 is 5.69 Å². The maximum Gasteiger partial charge on any atom is 0.328 e. The van der Waals surface area contributed by atoms with Crippen molar-refractivity contribution in [3.05, 3.63) is 45.2 Å². The van der Waals surface area contributed by atoms with E-state index in [-0.39, 0.29) is 11.2 Å². The van der Waals surface area contributed by atoms with Crippen LogP contribution >= 0.6 is 11.5 Å². The molecular formula is C14H12N4O2S. The molecule has 3 aromatic rings. The second-order valence-corrected chi connectivity index (χ2v) is 6.01. The van der Waals surface area contributed by atoms with Gasteiger partial charge in [-0.15, -0.1) is 0 Å². The van der Waals surface area contributed by atoms with E-state index in [9.17, 15) is 9.59 Å². The van der Waals surface area contributed by atoms with Crippen LogP contribution in [-0.4, -0.2) is 18.9 Å². The van der Waals surface area contributed by atoms with Crippen LogP contribution in [0.25, 0.3) is 21.6 Å². The first-order valence-electron chi connectivity index (χ1n) is 6.78. The van der Waals surface area contributed by atoms with Crippen LogP contribution in [0.15, 0.2) is 34.0 Å². The van der Waals surface area contributed by atoms with E-state index in [1.807, 2.05) is 18.2 Å². The van der Waals surface area contributed by atoms with Gasteiger partial charge in [-0.05, 0) is 42.4 Å². The molecule has 0 radical (unpaired) electrons. The van der Waals surface area contributed by atoms with Gasteiger partial charge < -0.3 is 4.98 Å². The van der Waals surface area contributed by atoms with Crippen LogP contribution in [0.2, 0.25) is 0 Å². The van der Waals surface area contributed by atoms with Crippen molar-refractivity contribution in [3.63, 3.8) is 0 Å². The third-order valence-corrected chi connectivity index (χ3v) is 4.49.